The zero-order chi connectivity index (χ0) is 9.84. The number of aliphatic hydroxyl groups excluding tert-OH is 1. The van der Waals surface area contributed by atoms with E-state index in [-0.39, 0.29) is 12.2 Å². The van der Waals surface area contributed by atoms with E-state index in [0.717, 1.165) is 0 Å². The molecule has 1 N–H and O–H groups in total. The number of hydrogen-bond acceptors (Lipinski definition) is 4. The zero-order valence-corrected chi connectivity index (χ0v) is 8.24. The van der Waals surface area contributed by atoms with E-state index in [1.165, 1.54) is 10.7 Å². The van der Waals surface area contributed by atoms with Crippen LogP contribution in [0.25, 0.3) is 0 Å². The minimum atomic E-state index is -0.150. The molecular formula is C8H12N2O2S. The summed E-state index contributed by atoms with van der Waals surface area (Å²) >= 11 is 4.04. The molecule has 4 nitrogen and oxygen atoms in total. The summed E-state index contributed by atoms with van der Waals surface area (Å²) < 4.78 is 1.43. The molecule has 1 rings (SSSR count). The van der Waals surface area contributed by atoms with E-state index >= 15 is 0 Å². The van der Waals surface area contributed by atoms with Crippen LogP contribution < -0.4 is 10.6 Å². The van der Waals surface area contributed by atoms with Crippen LogP contribution in [-0.4, -0.2) is 30.0 Å². The van der Waals surface area contributed by atoms with Gasteiger partial charge in [-0.15, -0.1) is 12.6 Å². The molecule has 0 aromatic carbocycles. The Labute approximate surface area is 81.8 Å². The molecule has 0 atom stereocenters. The standard InChI is InChI=1S/C8H12N2O2S/c1-9(4-5-11)10-3-2-7(13)6-8(10)12/h2-3,6,11,13H,4-5H2,1H3. The van der Waals surface area contributed by atoms with Crippen LogP contribution in [-0.2, 0) is 0 Å². The van der Waals surface area contributed by atoms with Gasteiger partial charge >= 0.3 is 0 Å². The number of nitrogens with zero attached hydrogens (tertiary/aromatic N) is 2. The number of aliphatic hydroxyl groups is 1. The molecule has 13 heavy (non-hydrogen) atoms. The van der Waals surface area contributed by atoms with Gasteiger partial charge in [-0.1, -0.05) is 0 Å². The summed E-state index contributed by atoms with van der Waals surface area (Å²) in [5.41, 5.74) is -0.150. The number of thiol groups is 1. The predicted molar refractivity (Wildman–Crippen MR) is 54.0 cm³/mol. The normalized spacial score (nSPS) is 10.1. The van der Waals surface area contributed by atoms with Crippen LogP contribution >= 0.6 is 12.6 Å². The van der Waals surface area contributed by atoms with Crippen molar-refractivity contribution in [2.45, 2.75) is 4.90 Å². The molecule has 0 radical (unpaired) electrons. The quantitative estimate of drug-likeness (QED) is 0.658. The zero-order valence-electron chi connectivity index (χ0n) is 7.34. The van der Waals surface area contributed by atoms with Crippen molar-refractivity contribution in [3.63, 3.8) is 0 Å². The molecule has 0 bridgehead atoms. The van der Waals surface area contributed by atoms with Crippen LogP contribution in [0, 0.1) is 0 Å². The third kappa shape index (κ3) is 2.50. The van der Waals surface area contributed by atoms with Crippen molar-refractivity contribution in [2.24, 2.45) is 0 Å². The second-order valence-corrected chi connectivity index (χ2v) is 3.19. The Kier molecular flexibility index (Phi) is 3.39. The molecule has 1 heterocycles. The average molecular weight is 200 g/mol. The second kappa shape index (κ2) is 4.34. The summed E-state index contributed by atoms with van der Waals surface area (Å²) in [6.45, 7) is 0.442. The first-order chi connectivity index (χ1) is 6.15. The molecule has 0 spiro atoms. The first kappa shape index (κ1) is 10.1. The van der Waals surface area contributed by atoms with Gasteiger partial charge < -0.3 is 10.1 Å². The third-order valence-corrected chi connectivity index (χ3v) is 1.95. The number of pyridine rings is 1. The van der Waals surface area contributed by atoms with E-state index in [0.29, 0.717) is 11.4 Å². The lowest BCUT2D eigenvalue weighted by Gasteiger charge is -2.19. The van der Waals surface area contributed by atoms with E-state index in [4.69, 9.17) is 5.11 Å². The molecule has 1 aromatic rings. The fourth-order valence-corrected chi connectivity index (χ4v) is 1.17. The minimum absolute atomic E-state index is 0.0194. The van der Waals surface area contributed by atoms with Gasteiger partial charge in [0.2, 0.25) is 0 Å². The van der Waals surface area contributed by atoms with Crippen LogP contribution in [0.5, 0.6) is 0 Å². The molecule has 1 aromatic heterocycles. The Morgan fingerprint density at radius 3 is 2.92 bits per heavy atom. The number of likely N-dealkylation sites (N-methyl/N-ethyl adjacent to an activating group) is 1. The summed E-state index contributed by atoms with van der Waals surface area (Å²) in [7, 11) is 1.73. The molecule has 0 aliphatic rings. The summed E-state index contributed by atoms with van der Waals surface area (Å²) in [6, 6.07) is 3.15. The smallest absolute Gasteiger partial charge is 0.270 e. The van der Waals surface area contributed by atoms with Crippen LogP contribution in [0.4, 0.5) is 0 Å². The topological polar surface area (TPSA) is 45.5 Å². The Morgan fingerprint density at radius 2 is 2.38 bits per heavy atom. The molecule has 72 valence electrons. The number of aromatic nitrogens is 1. The highest BCUT2D eigenvalue weighted by Gasteiger charge is 2.00. The van der Waals surface area contributed by atoms with Crippen molar-refractivity contribution >= 4 is 12.6 Å². The lowest BCUT2D eigenvalue weighted by Crippen LogP contribution is -2.40. The van der Waals surface area contributed by atoms with Crippen molar-refractivity contribution in [3.05, 3.63) is 28.7 Å². The highest BCUT2D eigenvalue weighted by molar-refractivity contribution is 7.80. The highest BCUT2D eigenvalue weighted by atomic mass is 32.1. The predicted octanol–water partition coefficient (Wildman–Crippen LogP) is -0.303. The van der Waals surface area contributed by atoms with Gasteiger partial charge in [-0.25, -0.2) is 4.68 Å². The molecule has 0 saturated heterocycles. The first-order valence-electron chi connectivity index (χ1n) is 3.89. The maximum absolute atomic E-state index is 11.3. The van der Waals surface area contributed by atoms with E-state index in [9.17, 15) is 4.79 Å². The van der Waals surface area contributed by atoms with Crippen molar-refractivity contribution in [1.82, 2.24) is 4.68 Å². The van der Waals surface area contributed by atoms with Crippen LogP contribution in [0.15, 0.2) is 28.0 Å². The van der Waals surface area contributed by atoms with E-state index in [1.807, 2.05) is 0 Å². The average Bonchev–Trinajstić information content (AvgIpc) is 2.04. The van der Waals surface area contributed by atoms with Gasteiger partial charge in [0, 0.05) is 24.2 Å². The number of hydrogen-bond donors (Lipinski definition) is 2. The molecule has 0 saturated carbocycles. The van der Waals surface area contributed by atoms with E-state index in [1.54, 1.807) is 24.3 Å². The number of rotatable bonds is 3. The van der Waals surface area contributed by atoms with Gasteiger partial charge in [-0.05, 0) is 6.07 Å². The largest absolute Gasteiger partial charge is 0.394 e. The molecular weight excluding hydrogens is 188 g/mol. The Balaban J connectivity index is 2.95. The molecule has 0 aliphatic heterocycles. The molecule has 0 unspecified atom stereocenters. The van der Waals surface area contributed by atoms with Crippen molar-refractivity contribution in [1.29, 1.82) is 0 Å². The molecule has 5 heteroatoms. The van der Waals surface area contributed by atoms with Crippen molar-refractivity contribution in [3.8, 4) is 0 Å². The lowest BCUT2D eigenvalue weighted by molar-refractivity contribution is 0.294. The van der Waals surface area contributed by atoms with Gasteiger partial charge in [-0.2, -0.15) is 0 Å². The van der Waals surface area contributed by atoms with E-state index < -0.39 is 0 Å². The van der Waals surface area contributed by atoms with Crippen LogP contribution in [0.3, 0.4) is 0 Å². The van der Waals surface area contributed by atoms with Crippen LogP contribution in [0.1, 0.15) is 0 Å². The fraction of sp³-hybridized carbons (Fsp3) is 0.375. The fourth-order valence-electron chi connectivity index (χ4n) is 0.996. The highest BCUT2D eigenvalue weighted by Crippen LogP contribution is 1.98. The van der Waals surface area contributed by atoms with Gasteiger partial charge in [0.15, 0.2) is 0 Å². The maximum Gasteiger partial charge on any atom is 0.270 e. The van der Waals surface area contributed by atoms with Gasteiger partial charge in [-0.3, -0.25) is 4.79 Å². The molecule has 0 amide bonds. The van der Waals surface area contributed by atoms with Crippen molar-refractivity contribution in [2.75, 3.05) is 25.2 Å². The summed E-state index contributed by atoms with van der Waals surface area (Å²) in [6.07, 6.45) is 1.63. The summed E-state index contributed by atoms with van der Waals surface area (Å²) in [4.78, 5) is 12.0. The summed E-state index contributed by atoms with van der Waals surface area (Å²) in [5.74, 6) is 0. The second-order valence-electron chi connectivity index (χ2n) is 2.67. The van der Waals surface area contributed by atoms with Gasteiger partial charge in [0.1, 0.15) is 0 Å². The SMILES string of the molecule is CN(CCO)n1ccc(S)cc1=O. The first-order valence-corrected chi connectivity index (χ1v) is 4.34. The maximum atomic E-state index is 11.3. The molecule has 0 fully saturated rings. The Morgan fingerprint density at radius 1 is 1.69 bits per heavy atom. The minimum Gasteiger partial charge on any atom is -0.394 e. The van der Waals surface area contributed by atoms with E-state index in [2.05, 4.69) is 12.6 Å². The Hall–Kier alpha value is -0.940. The third-order valence-electron chi connectivity index (χ3n) is 1.68. The Bertz CT molecular complexity index is 337. The van der Waals surface area contributed by atoms with Crippen molar-refractivity contribution < 1.29 is 5.11 Å². The van der Waals surface area contributed by atoms with Gasteiger partial charge in [0.05, 0.1) is 13.2 Å². The van der Waals surface area contributed by atoms with Gasteiger partial charge in [0.25, 0.3) is 5.56 Å². The summed E-state index contributed by atoms with van der Waals surface area (Å²) in [5, 5.41) is 10.3. The molecule has 0 aliphatic carbocycles. The monoisotopic (exact) mass is 200 g/mol. The van der Waals surface area contributed by atoms with Crippen LogP contribution in [0.2, 0.25) is 0 Å². The lowest BCUT2D eigenvalue weighted by atomic mass is 10.5.